The van der Waals surface area contributed by atoms with Gasteiger partial charge in [0, 0.05) is 56.3 Å². The van der Waals surface area contributed by atoms with Crippen molar-refractivity contribution in [1.29, 1.82) is 0 Å². The molecular formula is C84H102N4. The third-order valence-electron chi connectivity index (χ3n) is 20.0. The second-order valence-corrected chi connectivity index (χ2v) is 33.4. The van der Waals surface area contributed by atoms with E-state index < -0.39 is 10.8 Å². The summed E-state index contributed by atoms with van der Waals surface area (Å²) >= 11 is 0. The van der Waals surface area contributed by atoms with E-state index in [0.29, 0.717) is 5.92 Å². The van der Waals surface area contributed by atoms with Crippen LogP contribution in [0.3, 0.4) is 0 Å². The maximum absolute atomic E-state index is 2.66. The number of anilines is 10. The number of benzene rings is 7. The van der Waals surface area contributed by atoms with Crippen LogP contribution in [-0.2, 0) is 32.5 Å². The average Bonchev–Trinajstić information content (AvgIpc) is 0.695. The van der Waals surface area contributed by atoms with Crippen LogP contribution in [0.5, 0.6) is 0 Å². The summed E-state index contributed by atoms with van der Waals surface area (Å²) in [6.07, 6.45) is 16.6. The second-order valence-electron chi connectivity index (χ2n) is 33.4. The van der Waals surface area contributed by atoms with E-state index in [9.17, 15) is 0 Å². The van der Waals surface area contributed by atoms with Crippen molar-refractivity contribution in [3.8, 4) is 0 Å². The molecule has 0 bridgehead atoms. The van der Waals surface area contributed by atoms with Crippen LogP contribution in [-0.4, -0.2) is 6.04 Å². The van der Waals surface area contributed by atoms with Crippen LogP contribution in [0.15, 0.2) is 193 Å². The molecule has 2 unspecified atom stereocenters. The largest absolute Gasteiger partial charge is 0.334 e. The molecule has 4 nitrogen and oxygen atoms in total. The van der Waals surface area contributed by atoms with Crippen molar-refractivity contribution in [2.24, 2.45) is 16.7 Å². The van der Waals surface area contributed by atoms with Crippen LogP contribution in [0, 0.1) is 16.7 Å². The molecule has 0 spiro atoms. The Morgan fingerprint density at radius 2 is 0.739 bits per heavy atom. The third kappa shape index (κ3) is 11.6. The van der Waals surface area contributed by atoms with Gasteiger partial charge in [-0.3, -0.25) is 0 Å². The number of nitrogens with zero attached hydrogens (tertiary/aromatic N) is 4. The summed E-state index contributed by atoms with van der Waals surface area (Å²) in [4.78, 5) is 10.3. The number of allylic oxidation sites excluding steroid dienone is 5. The van der Waals surface area contributed by atoms with E-state index in [1.807, 2.05) is 0 Å². The fourth-order valence-electron chi connectivity index (χ4n) is 14.0. The Morgan fingerprint density at radius 3 is 1.09 bits per heavy atom. The first-order valence-corrected chi connectivity index (χ1v) is 32.8. The molecule has 0 radical (unpaired) electrons. The van der Waals surface area contributed by atoms with E-state index in [1.54, 1.807) is 0 Å². The van der Waals surface area contributed by atoms with Gasteiger partial charge in [-0.2, -0.15) is 0 Å². The standard InChI is InChI=1S/C84H102N4/c1-77(2,3)55-23-35-61(36-24-55)85(62-37-25-56(26-38-62)78(4,5)6)67-47-49-74-70(51-67)83(19,20)72-53-69(87(65-43-31-59(32-44-65)81(13,14)15)66-45-33-60(34-46-66)82(16,17)18)54-73-76(72)88(74)75-50-48-68(52-71(75)84(73,21)22)86(63-39-27-57(28-40-63)79(7,8)9)64-41-29-58(30-42-64)80(10,11)12/h23-29,31-45,47-54,58,66H,30,46H2,1-22H3. The molecular weight excluding hydrogens is 1060 g/mol. The van der Waals surface area contributed by atoms with Gasteiger partial charge < -0.3 is 19.6 Å². The molecule has 7 aromatic rings. The minimum Gasteiger partial charge on any atom is -0.334 e. The molecule has 0 amide bonds. The van der Waals surface area contributed by atoms with Crippen LogP contribution >= 0.6 is 0 Å². The molecule has 458 valence electrons. The Kier molecular flexibility index (Phi) is 15.4. The maximum Gasteiger partial charge on any atom is 0.0560 e. The predicted molar refractivity (Wildman–Crippen MR) is 382 cm³/mol. The first-order valence-electron chi connectivity index (χ1n) is 32.8. The van der Waals surface area contributed by atoms with E-state index in [-0.39, 0.29) is 38.5 Å². The van der Waals surface area contributed by atoms with Gasteiger partial charge in [-0.1, -0.05) is 231 Å². The van der Waals surface area contributed by atoms with E-state index in [2.05, 4.69) is 354 Å². The van der Waals surface area contributed by atoms with Crippen LogP contribution in [0.2, 0.25) is 0 Å². The van der Waals surface area contributed by atoms with Crippen LogP contribution in [0.4, 0.5) is 56.9 Å². The molecule has 0 fully saturated rings. The van der Waals surface area contributed by atoms with Gasteiger partial charge in [0.05, 0.1) is 23.1 Å². The van der Waals surface area contributed by atoms with Crippen LogP contribution in [0.25, 0.3) is 0 Å². The van der Waals surface area contributed by atoms with Gasteiger partial charge in [-0.05, 0) is 204 Å². The van der Waals surface area contributed by atoms with Crippen molar-refractivity contribution in [3.63, 3.8) is 0 Å². The normalized spacial score (nSPS) is 18.0. The molecule has 2 heterocycles. The lowest BCUT2D eigenvalue weighted by Gasteiger charge is -2.50. The zero-order valence-corrected chi connectivity index (χ0v) is 57.7. The van der Waals surface area contributed by atoms with Crippen LogP contribution < -0.4 is 19.6 Å². The SMILES string of the molecule is CC(C)(C)C1=CCC(N(c2ccc(C(C)(C)C)cc2)c2cc3c4c(c2)C(C)(C)c2cc(N(c5ccc(C(C)(C)C)cc5)c5ccc(C(C)(C)C)cc5)ccc2N4c2ccc(N(C4=CCC(C(C)(C)C)C=C4)c4ccc(C(C)(C)C)cc4)cc2C3(C)C)C=C1. The van der Waals surface area contributed by atoms with Gasteiger partial charge in [0.15, 0.2) is 0 Å². The summed E-state index contributed by atoms with van der Waals surface area (Å²) < 4.78 is 0. The molecule has 11 rings (SSSR count). The fraction of sp³-hybridized carbons (Fsp3) is 0.405. The maximum atomic E-state index is 2.66. The topological polar surface area (TPSA) is 13.0 Å². The lowest BCUT2D eigenvalue weighted by Crippen LogP contribution is -2.39. The Hall–Kier alpha value is -7.30. The Morgan fingerprint density at radius 1 is 0.364 bits per heavy atom. The number of fused-ring (bicyclic) bond motifs is 4. The van der Waals surface area contributed by atoms with Crippen molar-refractivity contribution in [2.45, 2.75) is 204 Å². The quantitative estimate of drug-likeness (QED) is 0.143. The Balaban J connectivity index is 1.16. The summed E-state index contributed by atoms with van der Waals surface area (Å²) in [6, 6.07) is 57.4. The van der Waals surface area contributed by atoms with Gasteiger partial charge in [0.25, 0.3) is 0 Å². The average molecular weight is 1170 g/mol. The highest BCUT2D eigenvalue weighted by atomic mass is 15.2. The van der Waals surface area contributed by atoms with Gasteiger partial charge in [-0.15, -0.1) is 0 Å². The fourth-order valence-corrected chi connectivity index (χ4v) is 14.0. The highest BCUT2D eigenvalue weighted by Crippen LogP contribution is 2.63. The first kappa shape index (κ1) is 62.3. The highest BCUT2D eigenvalue weighted by molar-refractivity contribution is 5.96. The Bertz CT molecular complexity index is 3830. The molecule has 7 aromatic carbocycles. The monoisotopic (exact) mass is 1170 g/mol. The number of hydrogen-bond acceptors (Lipinski definition) is 4. The van der Waals surface area contributed by atoms with Gasteiger partial charge in [0.1, 0.15) is 0 Å². The van der Waals surface area contributed by atoms with E-state index in [1.165, 1.54) is 84.2 Å². The molecule has 0 saturated carbocycles. The molecule has 0 N–H and O–H groups in total. The molecule has 88 heavy (non-hydrogen) atoms. The van der Waals surface area contributed by atoms with E-state index >= 15 is 0 Å². The molecule has 2 aliphatic heterocycles. The van der Waals surface area contributed by atoms with Crippen molar-refractivity contribution in [2.75, 3.05) is 19.6 Å². The lowest BCUT2D eigenvalue weighted by atomic mass is 9.66. The van der Waals surface area contributed by atoms with Crippen LogP contribution in [0.1, 0.15) is 210 Å². The molecule has 2 atom stereocenters. The minimum absolute atomic E-state index is 0.0237. The smallest absolute Gasteiger partial charge is 0.0560 e. The number of rotatable bonds is 9. The second kappa shape index (κ2) is 21.7. The molecule has 0 aromatic heterocycles. The minimum atomic E-state index is -0.433. The van der Waals surface area contributed by atoms with Crippen molar-refractivity contribution in [1.82, 2.24) is 0 Å². The highest BCUT2D eigenvalue weighted by Gasteiger charge is 2.47. The summed E-state index contributed by atoms with van der Waals surface area (Å²) in [5.74, 6) is 0.458. The van der Waals surface area contributed by atoms with E-state index in [0.717, 1.165) is 41.3 Å². The molecule has 2 aliphatic carbocycles. The van der Waals surface area contributed by atoms with Gasteiger partial charge in [-0.25, -0.2) is 0 Å². The van der Waals surface area contributed by atoms with Crippen molar-refractivity contribution >= 4 is 56.9 Å². The number of hydrogen-bond donors (Lipinski definition) is 0. The summed E-state index contributed by atoms with van der Waals surface area (Å²) in [6.45, 7) is 51.7. The van der Waals surface area contributed by atoms with Gasteiger partial charge in [0.2, 0.25) is 0 Å². The van der Waals surface area contributed by atoms with Crippen molar-refractivity contribution in [3.05, 3.63) is 238 Å². The summed E-state index contributed by atoms with van der Waals surface area (Å²) in [5, 5.41) is 0. The summed E-state index contributed by atoms with van der Waals surface area (Å²) in [5.41, 5.74) is 24.5. The molecule has 4 heteroatoms. The summed E-state index contributed by atoms with van der Waals surface area (Å²) in [7, 11) is 0. The third-order valence-corrected chi connectivity index (χ3v) is 20.0. The van der Waals surface area contributed by atoms with Gasteiger partial charge >= 0.3 is 0 Å². The molecule has 4 aliphatic rings. The van der Waals surface area contributed by atoms with Crippen molar-refractivity contribution < 1.29 is 0 Å². The Labute approximate surface area is 531 Å². The predicted octanol–water partition coefficient (Wildman–Crippen LogP) is 24.2. The zero-order chi connectivity index (χ0) is 63.6. The van der Waals surface area contributed by atoms with E-state index in [4.69, 9.17) is 0 Å². The first-order chi connectivity index (χ1) is 40.9. The molecule has 0 saturated heterocycles. The lowest BCUT2D eigenvalue weighted by molar-refractivity contribution is 0.293. The zero-order valence-electron chi connectivity index (χ0n) is 57.7.